The molecule has 160 valence electrons. The minimum atomic E-state index is 0.781. The van der Waals surface area contributed by atoms with Crippen LogP contribution in [0.15, 0.2) is 109 Å². The minimum absolute atomic E-state index is 0.781. The first kappa shape index (κ1) is 19.2. The molecule has 0 fully saturated rings. The molecule has 0 spiro atoms. The lowest BCUT2D eigenvalue weighted by molar-refractivity contribution is 1.07. The third-order valence-electron chi connectivity index (χ3n) is 6.76. The summed E-state index contributed by atoms with van der Waals surface area (Å²) >= 11 is 0. The van der Waals surface area contributed by atoms with Crippen molar-refractivity contribution >= 4 is 21.5 Å². The molecule has 2 nitrogen and oxygen atoms in total. The van der Waals surface area contributed by atoms with Crippen molar-refractivity contribution in [2.45, 2.75) is 12.8 Å². The summed E-state index contributed by atoms with van der Waals surface area (Å²) in [6.45, 7) is 0. The summed E-state index contributed by atoms with van der Waals surface area (Å²) in [6, 6.07) is 39.2. The molecule has 8 bridgehead atoms. The molecule has 2 heteroatoms. The van der Waals surface area contributed by atoms with Gasteiger partial charge < -0.3 is 0 Å². The highest BCUT2D eigenvalue weighted by molar-refractivity contribution is 5.96. The van der Waals surface area contributed by atoms with Gasteiger partial charge in [-0.3, -0.25) is 9.97 Å². The minimum Gasteiger partial charge on any atom is -0.252 e. The highest BCUT2D eigenvalue weighted by atomic mass is 14.7. The van der Waals surface area contributed by atoms with Crippen LogP contribution >= 0.6 is 0 Å². The summed E-state index contributed by atoms with van der Waals surface area (Å²) < 4.78 is 0. The van der Waals surface area contributed by atoms with Crippen molar-refractivity contribution in [2.24, 2.45) is 0 Å². The lowest BCUT2D eigenvalue weighted by atomic mass is 9.96. The van der Waals surface area contributed by atoms with Gasteiger partial charge in [-0.25, -0.2) is 0 Å². The van der Waals surface area contributed by atoms with Gasteiger partial charge in [0, 0.05) is 46.1 Å². The molecule has 0 saturated carbocycles. The average molecular weight is 435 g/mol. The van der Waals surface area contributed by atoms with Crippen LogP contribution in [-0.4, -0.2) is 9.97 Å². The van der Waals surface area contributed by atoms with Crippen LogP contribution in [0.4, 0.5) is 0 Å². The summed E-state index contributed by atoms with van der Waals surface area (Å²) in [7, 11) is 0. The summed E-state index contributed by atoms with van der Waals surface area (Å²) in [5, 5.41) is 4.84. The highest BCUT2D eigenvalue weighted by Gasteiger charge is 2.14. The number of nitrogens with zero attached hydrogens (tertiary/aromatic N) is 2. The van der Waals surface area contributed by atoms with Crippen LogP contribution in [0.5, 0.6) is 0 Å². The molecule has 0 N–H and O–H groups in total. The molecule has 2 aromatic heterocycles. The molecule has 6 aromatic rings. The number of rotatable bonds is 0. The first-order valence-electron chi connectivity index (χ1n) is 11.8. The van der Waals surface area contributed by atoms with Crippen LogP contribution in [0.3, 0.4) is 0 Å². The molecule has 0 aliphatic carbocycles. The predicted molar refractivity (Wildman–Crippen MR) is 140 cm³/mol. The van der Waals surface area contributed by atoms with Crippen molar-refractivity contribution in [2.75, 3.05) is 0 Å². The van der Waals surface area contributed by atoms with Crippen LogP contribution < -0.4 is 0 Å². The van der Waals surface area contributed by atoms with Crippen LogP contribution in [0, 0.1) is 0 Å². The maximum Gasteiger partial charge on any atom is 0.0783 e. The van der Waals surface area contributed by atoms with Crippen molar-refractivity contribution in [1.29, 1.82) is 0 Å². The van der Waals surface area contributed by atoms with Gasteiger partial charge in [-0.05, 0) is 46.2 Å². The van der Waals surface area contributed by atoms with Crippen molar-refractivity contribution in [3.63, 3.8) is 0 Å². The number of fused-ring (bicyclic) bond motifs is 14. The van der Waals surface area contributed by atoms with Crippen molar-refractivity contribution in [1.82, 2.24) is 9.97 Å². The van der Waals surface area contributed by atoms with Gasteiger partial charge in [0.2, 0.25) is 0 Å². The zero-order valence-corrected chi connectivity index (χ0v) is 18.7. The molecule has 34 heavy (non-hydrogen) atoms. The normalized spacial score (nSPS) is 12.5. The van der Waals surface area contributed by atoms with Gasteiger partial charge in [0.25, 0.3) is 0 Å². The van der Waals surface area contributed by atoms with Crippen LogP contribution in [0.25, 0.3) is 44.1 Å². The van der Waals surface area contributed by atoms with E-state index in [1.54, 1.807) is 0 Å². The molecule has 0 unspecified atom stereocenters. The van der Waals surface area contributed by atoms with E-state index in [0.29, 0.717) is 0 Å². The molecule has 0 radical (unpaired) electrons. The fraction of sp³-hybridized carbons (Fsp3) is 0.0625. The standard InChI is InChI=1S/C32H22N2/c1-3-13-29-23(9-1)19-27-17-21-7-6-12-26(16-21)32-30-14-4-2-10-24(30)20-28(34-32)18-22-8-5-11-25(15-22)31(29)33-27/h1-16,19-20H,17-18H2. The third-order valence-corrected chi connectivity index (χ3v) is 6.76. The zero-order valence-electron chi connectivity index (χ0n) is 18.7. The van der Waals surface area contributed by atoms with Gasteiger partial charge in [-0.1, -0.05) is 84.9 Å². The van der Waals surface area contributed by atoms with Gasteiger partial charge in [0.1, 0.15) is 0 Å². The van der Waals surface area contributed by atoms with E-state index in [2.05, 4.69) is 109 Å². The second-order valence-corrected chi connectivity index (χ2v) is 9.12. The molecular weight excluding hydrogens is 412 g/mol. The van der Waals surface area contributed by atoms with Gasteiger partial charge >= 0.3 is 0 Å². The second-order valence-electron chi connectivity index (χ2n) is 9.12. The predicted octanol–water partition coefficient (Wildman–Crippen LogP) is 7.61. The first-order valence-corrected chi connectivity index (χ1v) is 11.8. The first-order chi connectivity index (χ1) is 16.8. The van der Waals surface area contributed by atoms with Crippen LogP contribution in [0.1, 0.15) is 22.5 Å². The van der Waals surface area contributed by atoms with Crippen molar-refractivity contribution in [3.05, 3.63) is 132 Å². The van der Waals surface area contributed by atoms with E-state index < -0.39 is 0 Å². The lowest BCUT2D eigenvalue weighted by Gasteiger charge is -2.14. The van der Waals surface area contributed by atoms with Gasteiger partial charge in [-0.15, -0.1) is 0 Å². The molecule has 3 heterocycles. The largest absolute Gasteiger partial charge is 0.252 e. The Kier molecular flexibility index (Phi) is 4.31. The van der Waals surface area contributed by atoms with E-state index >= 15 is 0 Å². The summed E-state index contributed by atoms with van der Waals surface area (Å²) in [5.41, 5.74) is 9.07. The fourth-order valence-electron chi connectivity index (χ4n) is 5.20. The Morgan fingerprint density at radius 2 is 0.912 bits per heavy atom. The van der Waals surface area contributed by atoms with E-state index in [1.165, 1.54) is 32.7 Å². The smallest absolute Gasteiger partial charge is 0.0783 e. The van der Waals surface area contributed by atoms with Crippen LogP contribution in [-0.2, 0) is 12.8 Å². The molecule has 1 aliphatic rings. The Balaban J connectivity index is 1.53. The monoisotopic (exact) mass is 434 g/mol. The Labute approximate surface area is 198 Å². The maximum atomic E-state index is 5.18. The molecule has 0 saturated heterocycles. The van der Waals surface area contributed by atoms with Crippen molar-refractivity contribution < 1.29 is 0 Å². The fourth-order valence-corrected chi connectivity index (χ4v) is 5.20. The van der Waals surface area contributed by atoms with E-state index in [1.807, 2.05) is 0 Å². The second kappa shape index (κ2) is 7.64. The van der Waals surface area contributed by atoms with Crippen molar-refractivity contribution in [3.8, 4) is 22.5 Å². The molecule has 0 amide bonds. The molecular formula is C32H22N2. The number of pyridine rings is 2. The summed E-state index contributed by atoms with van der Waals surface area (Å²) in [5.74, 6) is 0. The quantitative estimate of drug-likeness (QED) is 0.245. The van der Waals surface area contributed by atoms with Gasteiger partial charge in [0.15, 0.2) is 0 Å². The van der Waals surface area contributed by atoms with E-state index in [4.69, 9.17) is 9.97 Å². The topological polar surface area (TPSA) is 25.8 Å². The third kappa shape index (κ3) is 3.27. The van der Waals surface area contributed by atoms with E-state index in [0.717, 1.165) is 46.7 Å². The van der Waals surface area contributed by atoms with E-state index in [9.17, 15) is 0 Å². The molecule has 1 aliphatic heterocycles. The maximum absolute atomic E-state index is 5.18. The Hall–Kier alpha value is -4.30. The Morgan fingerprint density at radius 3 is 1.41 bits per heavy atom. The molecule has 0 atom stereocenters. The van der Waals surface area contributed by atoms with Gasteiger partial charge in [0.05, 0.1) is 11.4 Å². The number of hydrogen-bond donors (Lipinski definition) is 0. The lowest BCUT2D eigenvalue weighted by Crippen LogP contribution is -2.00. The number of aromatic nitrogens is 2. The number of hydrogen-bond acceptors (Lipinski definition) is 2. The van der Waals surface area contributed by atoms with E-state index in [-0.39, 0.29) is 0 Å². The van der Waals surface area contributed by atoms with Crippen LogP contribution in [0.2, 0.25) is 0 Å². The number of benzene rings is 4. The SMILES string of the molecule is c1cc2cc(c1)-c1nc(cc3ccccc13)Cc1cccc(c1)-c1nc(cc3ccccc13)C2. The zero-order chi connectivity index (χ0) is 22.5. The Morgan fingerprint density at radius 1 is 0.441 bits per heavy atom. The average Bonchev–Trinajstić information content (AvgIpc) is 2.88. The summed E-state index contributed by atoms with van der Waals surface area (Å²) in [6.07, 6.45) is 1.56. The molecule has 7 rings (SSSR count). The van der Waals surface area contributed by atoms with Gasteiger partial charge in [-0.2, -0.15) is 0 Å². The molecule has 4 aromatic carbocycles. The highest BCUT2D eigenvalue weighted by Crippen LogP contribution is 2.32. The summed E-state index contributed by atoms with van der Waals surface area (Å²) in [4.78, 5) is 10.4. The Bertz CT molecular complexity index is 1590.